The van der Waals surface area contributed by atoms with Crippen molar-refractivity contribution in [2.24, 2.45) is 0 Å². The number of carbonyl (C=O) groups excluding carboxylic acids is 1. The second kappa shape index (κ2) is 8.35. The quantitative estimate of drug-likeness (QED) is 0.504. The minimum Gasteiger partial charge on any atom is -0.495 e. The van der Waals surface area contributed by atoms with E-state index < -0.39 is 27.4 Å². The number of nitrogens with one attached hydrogen (secondary N) is 1. The van der Waals surface area contributed by atoms with E-state index in [1.54, 1.807) is 24.3 Å². The second-order valence-corrected chi connectivity index (χ2v) is 8.26. The number of benzene rings is 2. The third-order valence-corrected chi connectivity index (χ3v) is 5.14. The fourth-order valence-corrected chi connectivity index (χ4v) is 3.36. The number of amides is 1. The van der Waals surface area contributed by atoms with Crippen LogP contribution in [0.5, 0.6) is 5.75 Å². The summed E-state index contributed by atoms with van der Waals surface area (Å²) in [7, 11) is -2.39. The highest BCUT2D eigenvalue weighted by Crippen LogP contribution is 2.29. The molecular formula is C16H16BrN3O6S. The average Bonchev–Trinajstić information content (AvgIpc) is 2.59. The number of nitrogens with zero attached hydrogens (tertiary/aromatic N) is 2. The van der Waals surface area contributed by atoms with Gasteiger partial charge in [0.15, 0.2) is 0 Å². The molecule has 0 unspecified atom stereocenters. The molecule has 0 bridgehead atoms. The molecule has 9 nitrogen and oxygen atoms in total. The van der Waals surface area contributed by atoms with Gasteiger partial charge in [-0.25, -0.2) is 8.42 Å². The molecule has 2 rings (SSSR count). The predicted octanol–water partition coefficient (Wildman–Crippen LogP) is 2.77. The van der Waals surface area contributed by atoms with Crippen LogP contribution in [0.3, 0.4) is 0 Å². The Balaban J connectivity index is 2.27. The monoisotopic (exact) mass is 457 g/mol. The van der Waals surface area contributed by atoms with Crippen LogP contribution in [0.15, 0.2) is 46.9 Å². The molecule has 0 aromatic heterocycles. The molecule has 0 fully saturated rings. The number of rotatable bonds is 7. The summed E-state index contributed by atoms with van der Waals surface area (Å²) in [6.07, 6.45) is 0.982. The van der Waals surface area contributed by atoms with Crippen molar-refractivity contribution in [1.29, 1.82) is 0 Å². The van der Waals surface area contributed by atoms with Gasteiger partial charge in [0, 0.05) is 16.6 Å². The van der Waals surface area contributed by atoms with Crippen LogP contribution in [0.2, 0.25) is 0 Å². The number of ether oxygens (including phenoxy) is 1. The van der Waals surface area contributed by atoms with Crippen molar-refractivity contribution in [2.75, 3.05) is 29.5 Å². The molecule has 0 heterocycles. The fraction of sp³-hybridized carbons (Fsp3) is 0.188. The molecule has 0 radical (unpaired) electrons. The highest BCUT2D eigenvalue weighted by Gasteiger charge is 2.22. The van der Waals surface area contributed by atoms with E-state index in [9.17, 15) is 23.3 Å². The van der Waals surface area contributed by atoms with E-state index in [-0.39, 0.29) is 17.1 Å². The Hall–Kier alpha value is -2.66. The van der Waals surface area contributed by atoms with Crippen LogP contribution in [-0.2, 0) is 14.8 Å². The summed E-state index contributed by atoms with van der Waals surface area (Å²) in [5, 5.41) is 13.4. The summed E-state index contributed by atoms with van der Waals surface area (Å²) in [6.45, 7) is -0.508. The summed E-state index contributed by atoms with van der Waals surface area (Å²) >= 11 is 3.26. The normalized spacial score (nSPS) is 10.9. The Morgan fingerprint density at radius 3 is 2.41 bits per heavy atom. The van der Waals surface area contributed by atoms with Gasteiger partial charge < -0.3 is 10.1 Å². The summed E-state index contributed by atoms with van der Waals surface area (Å²) in [5.74, 6) is -0.467. The summed E-state index contributed by atoms with van der Waals surface area (Å²) in [6, 6.07) is 10.1. The number of methoxy groups -OCH3 is 1. The van der Waals surface area contributed by atoms with Gasteiger partial charge in [0.05, 0.1) is 29.7 Å². The Labute approximate surface area is 164 Å². The Kier molecular flexibility index (Phi) is 6.39. The minimum absolute atomic E-state index is 0.0703. The van der Waals surface area contributed by atoms with Gasteiger partial charge in [0.1, 0.15) is 12.3 Å². The Morgan fingerprint density at radius 1 is 1.26 bits per heavy atom. The molecule has 0 aliphatic heterocycles. The van der Waals surface area contributed by atoms with Crippen LogP contribution >= 0.6 is 15.9 Å². The SMILES string of the molecule is COc1ccc([N+](=O)[O-])cc1NC(=O)CN(c1ccc(Br)cc1)S(C)(=O)=O. The first kappa shape index (κ1) is 20.6. The molecule has 11 heteroatoms. The predicted molar refractivity (Wildman–Crippen MR) is 105 cm³/mol. The molecule has 0 spiro atoms. The third-order valence-electron chi connectivity index (χ3n) is 3.47. The van der Waals surface area contributed by atoms with Crippen LogP contribution in [0.1, 0.15) is 0 Å². The maximum atomic E-state index is 12.4. The summed E-state index contributed by atoms with van der Waals surface area (Å²) in [4.78, 5) is 22.7. The number of hydrogen-bond donors (Lipinski definition) is 1. The topological polar surface area (TPSA) is 119 Å². The molecule has 0 aliphatic carbocycles. The standard InChI is InChI=1S/C16H16BrN3O6S/c1-26-15-8-7-13(20(22)23)9-14(15)18-16(21)10-19(27(2,24)25)12-5-3-11(17)4-6-12/h3-9H,10H2,1-2H3,(H,18,21). The lowest BCUT2D eigenvalue weighted by molar-refractivity contribution is -0.384. The van der Waals surface area contributed by atoms with Gasteiger partial charge in [-0.05, 0) is 30.3 Å². The minimum atomic E-state index is -3.74. The summed E-state index contributed by atoms with van der Waals surface area (Å²) in [5.41, 5.74) is 0.141. The third kappa shape index (κ3) is 5.41. The first-order valence-corrected chi connectivity index (χ1v) is 10.1. The number of non-ortho nitro benzene ring substituents is 1. The first-order valence-electron chi connectivity index (χ1n) is 7.47. The highest BCUT2D eigenvalue weighted by molar-refractivity contribution is 9.10. The van der Waals surface area contributed by atoms with E-state index in [2.05, 4.69) is 21.2 Å². The fourth-order valence-electron chi connectivity index (χ4n) is 2.23. The lowest BCUT2D eigenvalue weighted by atomic mass is 10.2. The van der Waals surface area contributed by atoms with Crippen molar-refractivity contribution in [3.8, 4) is 5.75 Å². The molecule has 2 aromatic rings. The largest absolute Gasteiger partial charge is 0.495 e. The zero-order chi connectivity index (χ0) is 20.2. The highest BCUT2D eigenvalue weighted by atomic mass is 79.9. The van der Waals surface area contributed by atoms with Crippen LogP contribution in [-0.4, -0.2) is 39.2 Å². The maximum Gasteiger partial charge on any atom is 0.271 e. The van der Waals surface area contributed by atoms with Gasteiger partial charge in [0.25, 0.3) is 5.69 Å². The Morgan fingerprint density at radius 2 is 1.89 bits per heavy atom. The van der Waals surface area contributed by atoms with Gasteiger partial charge in [-0.15, -0.1) is 0 Å². The number of nitro groups is 1. The molecule has 0 aliphatic rings. The van der Waals surface area contributed by atoms with Crippen LogP contribution < -0.4 is 14.4 Å². The molecule has 0 saturated heterocycles. The van der Waals surface area contributed by atoms with Gasteiger partial charge in [0.2, 0.25) is 15.9 Å². The van der Waals surface area contributed by atoms with E-state index in [1.165, 1.54) is 19.2 Å². The molecule has 0 atom stereocenters. The zero-order valence-corrected chi connectivity index (χ0v) is 16.8. The van der Waals surface area contributed by atoms with E-state index in [4.69, 9.17) is 4.74 Å². The molecule has 1 amide bonds. The van der Waals surface area contributed by atoms with Crippen molar-refractivity contribution in [1.82, 2.24) is 0 Å². The summed E-state index contributed by atoms with van der Waals surface area (Å²) < 4.78 is 30.9. The number of halogens is 1. The van der Waals surface area contributed by atoms with E-state index in [1.807, 2.05) is 0 Å². The van der Waals surface area contributed by atoms with Crippen molar-refractivity contribution < 1.29 is 22.9 Å². The van der Waals surface area contributed by atoms with Gasteiger partial charge >= 0.3 is 0 Å². The molecular weight excluding hydrogens is 442 g/mol. The molecule has 144 valence electrons. The Bertz CT molecular complexity index is 963. The van der Waals surface area contributed by atoms with Crippen molar-refractivity contribution in [3.63, 3.8) is 0 Å². The number of anilines is 2. The van der Waals surface area contributed by atoms with Crippen molar-refractivity contribution in [2.45, 2.75) is 0 Å². The van der Waals surface area contributed by atoms with E-state index in [0.29, 0.717) is 5.69 Å². The van der Waals surface area contributed by atoms with E-state index in [0.717, 1.165) is 21.1 Å². The maximum absolute atomic E-state index is 12.4. The van der Waals surface area contributed by atoms with Crippen LogP contribution in [0, 0.1) is 10.1 Å². The zero-order valence-electron chi connectivity index (χ0n) is 14.4. The smallest absolute Gasteiger partial charge is 0.271 e. The van der Waals surface area contributed by atoms with Crippen LogP contribution in [0.4, 0.5) is 17.1 Å². The van der Waals surface area contributed by atoms with Crippen molar-refractivity contribution in [3.05, 3.63) is 57.1 Å². The number of nitro benzene ring substituents is 1. The lowest BCUT2D eigenvalue weighted by Gasteiger charge is -2.22. The average molecular weight is 458 g/mol. The second-order valence-electron chi connectivity index (χ2n) is 5.44. The molecule has 0 saturated carbocycles. The van der Waals surface area contributed by atoms with Gasteiger partial charge in [-0.3, -0.25) is 19.2 Å². The molecule has 27 heavy (non-hydrogen) atoms. The molecule has 2 aromatic carbocycles. The lowest BCUT2D eigenvalue weighted by Crippen LogP contribution is -2.37. The van der Waals surface area contributed by atoms with Gasteiger partial charge in [-0.1, -0.05) is 15.9 Å². The van der Waals surface area contributed by atoms with E-state index >= 15 is 0 Å². The number of sulfonamides is 1. The first-order chi connectivity index (χ1) is 12.6. The number of hydrogen-bond acceptors (Lipinski definition) is 6. The van der Waals surface area contributed by atoms with Gasteiger partial charge in [-0.2, -0.15) is 0 Å². The van der Waals surface area contributed by atoms with Crippen molar-refractivity contribution >= 4 is 48.9 Å². The molecule has 1 N–H and O–H groups in total. The van der Waals surface area contributed by atoms with Crippen LogP contribution in [0.25, 0.3) is 0 Å². The number of carbonyl (C=O) groups is 1.